The van der Waals surface area contributed by atoms with E-state index in [1.165, 1.54) is 0 Å². The van der Waals surface area contributed by atoms with Gasteiger partial charge in [-0.2, -0.15) is 0 Å². The van der Waals surface area contributed by atoms with E-state index in [9.17, 15) is 4.79 Å². The number of fused-ring (bicyclic) bond motifs is 1. The first-order valence-electron chi connectivity index (χ1n) is 5.89. The van der Waals surface area contributed by atoms with Gasteiger partial charge in [0.15, 0.2) is 11.5 Å². The van der Waals surface area contributed by atoms with Crippen LogP contribution in [0.5, 0.6) is 0 Å². The minimum atomic E-state index is -0.462. The van der Waals surface area contributed by atoms with Gasteiger partial charge in [-0.1, -0.05) is 0 Å². The number of carbonyl (C=O) groups is 1. The quantitative estimate of drug-likeness (QED) is 0.870. The first-order valence-corrected chi connectivity index (χ1v) is 5.89. The van der Waals surface area contributed by atoms with E-state index in [1.807, 2.05) is 0 Å². The Bertz CT molecular complexity index is 560. The van der Waals surface area contributed by atoms with Crippen LogP contribution >= 0.6 is 0 Å². The van der Waals surface area contributed by atoms with E-state index in [-0.39, 0.29) is 5.91 Å². The van der Waals surface area contributed by atoms with Crippen LogP contribution in [0.1, 0.15) is 25.7 Å². The van der Waals surface area contributed by atoms with Gasteiger partial charge in [0.05, 0.1) is 6.10 Å². The van der Waals surface area contributed by atoms with Gasteiger partial charge in [-0.25, -0.2) is 4.98 Å². The van der Waals surface area contributed by atoms with Gasteiger partial charge in [0.2, 0.25) is 5.91 Å². The van der Waals surface area contributed by atoms with Crippen molar-refractivity contribution in [2.45, 2.75) is 32.8 Å². The second-order valence-corrected chi connectivity index (χ2v) is 4.35. The summed E-state index contributed by atoms with van der Waals surface area (Å²) in [6.45, 7) is 3.44. The van der Waals surface area contributed by atoms with Crippen molar-refractivity contribution in [1.29, 1.82) is 0 Å². The molecule has 0 spiro atoms. The van der Waals surface area contributed by atoms with Crippen molar-refractivity contribution in [3.8, 4) is 0 Å². The number of aromatic nitrogens is 1. The zero-order chi connectivity index (χ0) is 13.1. The smallest absolute Gasteiger partial charge is 0.224 e. The average molecular weight is 248 g/mol. The molecule has 18 heavy (non-hydrogen) atoms. The van der Waals surface area contributed by atoms with E-state index in [1.54, 1.807) is 32.0 Å². The Morgan fingerprint density at radius 1 is 1.56 bits per heavy atom. The largest absolute Gasteiger partial charge is 0.441 e. The summed E-state index contributed by atoms with van der Waals surface area (Å²) < 4.78 is 5.35. The molecule has 2 rings (SSSR count). The summed E-state index contributed by atoms with van der Waals surface area (Å²) in [7, 11) is 0. The van der Waals surface area contributed by atoms with E-state index >= 15 is 0 Å². The predicted octanol–water partition coefficient (Wildman–Crippen LogP) is 2.24. The van der Waals surface area contributed by atoms with E-state index in [4.69, 9.17) is 9.52 Å². The fourth-order valence-electron chi connectivity index (χ4n) is 1.68. The molecule has 0 aliphatic rings. The van der Waals surface area contributed by atoms with Crippen molar-refractivity contribution in [1.82, 2.24) is 4.98 Å². The lowest BCUT2D eigenvalue weighted by Crippen LogP contribution is -2.13. The molecule has 0 fully saturated rings. The minimum absolute atomic E-state index is 0.115. The Morgan fingerprint density at radius 2 is 2.33 bits per heavy atom. The molecule has 2 N–H and O–H groups in total. The number of carbonyl (C=O) groups excluding carboxylic acids is 1. The van der Waals surface area contributed by atoms with Gasteiger partial charge in [-0.05, 0) is 31.5 Å². The summed E-state index contributed by atoms with van der Waals surface area (Å²) in [6, 6.07) is 5.32. The van der Waals surface area contributed by atoms with Gasteiger partial charge in [0.25, 0.3) is 0 Å². The van der Waals surface area contributed by atoms with Crippen molar-refractivity contribution in [2.24, 2.45) is 0 Å². The Labute approximate surface area is 105 Å². The van der Waals surface area contributed by atoms with Crippen LogP contribution in [0.15, 0.2) is 22.6 Å². The maximum Gasteiger partial charge on any atom is 0.224 e. The van der Waals surface area contributed by atoms with Crippen LogP contribution in [-0.2, 0) is 4.79 Å². The SMILES string of the molecule is Cc1nc2cc(NC(=O)CCC(C)O)ccc2o1. The molecule has 0 aliphatic heterocycles. The number of anilines is 1. The third kappa shape index (κ3) is 3.07. The topological polar surface area (TPSA) is 75.4 Å². The van der Waals surface area contributed by atoms with Gasteiger partial charge in [0.1, 0.15) is 5.52 Å². The van der Waals surface area contributed by atoms with Crippen LogP contribution in [-0.4, -0.2) is 22.1 Å². The van der Waals surface area contributed by atoms with Crippen LogP contribution in [0.25, 0.3) is 11.1 Å². The Hall–Kier alpha value is -1.88. The normalized spacial score (nSPS) is 12.6. The molecule has 0 aliphatic carbocycles. The highest BCUT2D eigenvalue weighted by Crippen LogP contribution is 2.19. The van der Waals surface area contributed by atoms with Crippen LogP contribution in [0.4, 0.5) is 5.69 Å². The lowest BCUT2D eigenvalue weighted by Gasteiger charge is -2.06. The highest BCUT2D eigenvalue weighted by atomic mass is 16.3. The summed E-state index contributed by atoms with van der Waals surface area (Å²) in [5.74, 6) is 0.484. The lowest BCUT2D eigenvalue weighted by molar-refractivity contribution is -0.116. The summed E-state index contributed by atoms with van der Waals surface area (Å²) in [5, 5.41) is 11.9. The molecule has 5 heteroatoms. The van der Waals surface area contributed by atoms with E-state index in [2.05, 4.69) is 10.3 Å². The lowest BCUT2D eigenvalue weighted by atomic mass is 10.2. The molecule has 1 unspecified atom stereocenters. The molecule has 1 aromatic carbocycles. The maximum absolute atomic E-state index is 11.6. The molecule has 5 nitrogen and oxygen atoms in total. The molecule has 0 saturated heterocycles. The number of nitrogens with zero attached hydrogens (tertiary/aromatic N) is 1. The molecule has 1 heterocycles. The summed E-state index contributed by atoms with van der Waals surface area (Å²) in [4.78, 5) is 15.8. The number of aliphatic hydroxyl groups excluding tert-OH is 1. The number of amides is 1. The van der Waals surface area contributed by atoms with Crippen molar-refractivity contribution in [3.05, 3.63) is 24.1 Å². The number of rotatable bonds is 4. The third-order valence-electron chi connectivity index (χ3n) is 2.57. The Balaban J connectivity index is 2.05. The monoisotopic (exact) mass is 248 g/mol. The van der Waals surface area contributed by atoms with Gasteiger partial charge < -0.3 is 14.8 Å². The van der Waals surface area contributed by atoms with Crippen LogP contribution in [0.3, 0.4) is 0 Å². The first-order chi connectivity index (χ1) is 8.54. The van der Waals surface area contributed by atoms with Gasteiger partial charge >= 0.3 is 0 Å². The molecule has 0 radical (unpaired) electrons. The zero-order valence-electron chi connectivity index (χ0n) is 10.4. The minimum Gasteiger partial charge on any atom is -0.441 e. The predicted molar refractivity (Wildman–Crippen MR) is 68.3 cm³/mol. The Kier molecular flexibility index (Phi) is 3.62. The standard InChI is InChI=1S/C13H16N2O3/c1-8(16)3-6-13(17)15-10-4-5-12-11(7-10)14-9(2)18-12/h4-5,7-8,16H,3,6H2,1-2H3,(H,15,17). The van der Waals surface area contributed by atoms with Crippen molar-refractivity contribution in [2.75, 3.05) is 5.32 Å². The van der Waals surface area contributed by atoms with Gasteiger partial charge in [-0.15, -0.1) is 0 Å². The molecule has 0 saturated carbocycles. The summed E-state index contributed by atoms with van der Waals surface area (Å²) >= 11 is 0. The number of hydrogen-bond donors (Lipinski definition) is 2. The molecule has 1 amide bonds. The fraction of sp³-hybridized carbons (Fsp3) is 0.385. The van der Waals surface area contributed by atoms with Crippen LogP contribution in [0, 0.1) is 6.92 Å². The molecular weight excluding hydrogens is 232 g/mol. The first kappa shape index (κ1) is 12.6. The average Bonchev–Trinajstić information content (AvgIpc) is 2.66. The van der Waals surface area contributed by atoms with Crippen LogP contribution < -0.4 is 5.32 Å². The molecule has 0 bridgehead atoms. The zero-order valence-corrected chi connectivity index (χ0v) is 10.4. The number of aliphatic hydroxyl groups is 1. The highest BCUT2D eigenvalue weighted by molar-refractivity contribution is 5.92. The third-order valence-corrected chi connectivity index (χ3v) is 2.57. The molecule has 2 aromatic rings. The van der Waals surface area contributed by atoms with Gasteiger partial charge in [0, 0.05) is 19.0 Å². The number of hydrogen-bond acceptors (Lipinski definition) is 4. The van der Waals surface area contributed by atoms with E-state index in [0.717, 1.165) is 5.52 Å². The fourth-order valence-corrected chi connectivity index (χ4v) is 1.68. The molecule has 1 atom stereocenters. The summed E-state index contributed by atoms with van der Waals surface area (Å²) in [6.07, 6.45) is 0.293. The molecular formula is C13H16N2O3. The van der Waals surface area contributed by atoms with Gasteiger partial charge in [-0.3, -0.25) is 4.79 Å². The Morgan fingerprint density at radius 3 is 3.06 bits per heavy atom. The number of nitrogens with one attached hydrogen (secondary N) is 1. The van der Waals surface area contributed by atoms with E-state index in [0.29, 0.717) is 30.0 Å². The van der Waals surface area contributed by atoms with Crippen molar-refractivity contribution >= 4 is 22.7 Å². The van der Waals surface area contributed by atoms with Crippen molar-refractivity contribution < 1.29 is 14.3 Å². The number of aryl methyl sites for hydroxylation is 1. The number of benzene rings is 1. The maximum atomic E-state index is 11.6. The van der Waals surface area contributed by atoms with Crippen LogP contribution in [0.2, 0.25) is 0 Å². The highest BCUT2D eigenvalue weighted by Gasteiger charge is 2.07. The second kappa shape index (κ2) is 5.18. The molecule has 1 aromatic heterocycles. The number of oxazole rings is 1. The van der Waals surface area contributed by atoms with Crippen molar-refractivity contribution in [3.63, 3.8) is 0 Å². The summed E-state index contributed by atoms with van der Waals surface area (Å²) in [5.41, 5.74) is 2.11. The second-order valence-electron chi connectivity index (χ2n) is 4.35. The molecule has 96 valence electrons. The van der Waals surface area contributed by atoms with E-state index < -0.39 is 6.10 Å².